The minimum Gasteiger partial charge on any atom is -0.481 e. The summed E-state index contributed by atoms with van der Waals surface area (Å²) in [6, 6.07) is 0. The van der Waals surface area contributed by atoms with Crippen molar-refractivity contribution in [1.82, 2.24) is 5.32 Å². The summed E-state index contributed by atoms with van der Waals surface area (Å²) in [5.41, 5.74) is 1.50. The molecule has 0 amide bonds. The molecule has 0 unspecified atom stereocenters. The van der Waals surface area contributed by atoms with Crippen LogP contribution in [0.3, 0.4) is 0 Å². The van der Waals surface area contributed by atoms with Crippen molar-refractivity contribution in [2.75, 3.05) is 13.1 Å². The molecule has 45 heavy (non-hydrogen) atoms. The van der Waals surface area contributed by atoms with Crippen LogP contribution in [-0.2, 0) is 14.3 Å². The summed E-state index contributed by atoms with van der Waals surface area (Å²) in [5, 5.41) is 13.3. The average molecular weight is 626 g/mol. The highest BCUT2D eigenvalue weighted by atomic mass is 16.5. The van der Waals surface area contributed by atoms with Crippen LogP contribution in [0.15, 0.2) is 12.2 Å². The second-order valence-electron chi connectivity index (χ2n) is 18.8. The number of aliphatic carboxylic acids is 1. The van der Waals surface area contributed by atoms with Gasteiger partial charge in [-0.1, -0.05) is 53.7 Å². The molecule has 10 atom stereocenters. The van der Waals surface area contributed by atoms with E-state index in [2.05, 4.69) is 60.4 Å². The number of allylic oxidation sites excluding steroid dienone is 1. The van der Waals surface area contributed by atoms with Gasteiger partial charge in [0.1, 0.15) is 6.10 Å². The molecule has 2 N–H and O–H groups in total. The van der Waals surface area contributed by atoms with Crippen molar-refractivity contribution in [3.05, 3.63) is 12.2 Å². The first-order valence-electron chi connectivity index (χ1n) is 18.7. The lowest BCUT2D eigenvalue weighted by Crippen LogP contribution is -2.66. The Kier molecular flexibility index (Phi) is 9.29. The lowest BCUT2D eigenvalue weighted by Gasteiger charge is -2.73. The Labute approximate surface area is 275 Å². The quantitative estimate of drug-likeness (QED) is 0.144. The highest BCUT2D eigenvalue weighted by Gasteiger charge is 2.71. The topological polar surface area (TPSA) is 75.6 Å². The van der Waals surface area contributed by atoms with Gasteiger partial charge in [0.15, 0.2) is 0 Å². The lowest BCUT2D eigenvalue weighted by molar-refractivity contribution is -0.250. The van der Waals surface area contributed by atoms with Crippen molar-refractivity contribution in [2.24, 2.45) is 62.1 Å². The minimum absolute atomic E-state index is 0.0835. The van der Waals surface area contributed by atoms with E-state index in [1.54, 1.807) is 13.8 Å². The van der Waals surface area contributed by atoms with Gasteiger partial charge in [-0.3, -0.25) is 9.59 Å². The largest absolute Gasteiger partial charge is 0.481 e. The molecule has 256 valence electrons. The van der Waals surface area contributed by atoms with Crippen LogP contribution in [-0.4, -0.2) is 36.2 Å². The van der Waals surface area contributed by atoms with Crippen LogP contribution >= 0.6 is 0 Å². The van der Waals surface area contributed by atoms with Gasteiger partial charge in [0.25, 0.3) is 0 Å². The number of hydrogen-bond donors (Lipinski definition) is 2. The number of nitrogens with one attached hydrogen (secondary N) is 1. The van der Waals surface area contributed by atoms with E-state index in [1.807, 2.05) is 0 Å². The fourth-order valence-corrected chi connectivity index (χ4v) is 13.2. The normalized spacial score (nSPS) is 43.8. The third-order valence-electron chi connectivity index (χ3n) is 15.8. The summed E-state index contributed by atoms with van der Waals surface area (Å²) in [5.74, 6) is 2.05. The summed E-state index contributed by atoms with van der Waals surface area (Å²) in [6.45, 7) is 27.4. The summed E-state index contributed by atoms with van der Waals surface area (Å²) < 4.78 is 6.18. The van der Waals surface area contributed by atoms with Crippen LogP contribution < -0.4 is 5.32 Å². The van der Waals surface area contributed by atoms with E-state index in [1.165, 1.54) is 69.8 Å². The molecule has 0 aromatic rings. The van der Waals surface area contributed by atoms with Crippen molar-refractivity contribution >= 4 is 11.9 Å². The second kappa shape index (κ2) is 12.0. The number of carboxylic acid groups (broad SMARTS) is 1. The van der Waals surface area contributed by atoms with E-state index in [-0.39, 0.29) is 29.3 Å². The Morgan fingerprint density at radius 1 is 0.889 bits per heavy atom. The summed E-state index contributed by atoms with van der Waals surface area (Å²) in [6.07, 6.45) is 14.8. The fraction of sp³-hybridized carbons (Fsp3) is 0.900. The molecule has 5 heteroatoms. The average Bonchev–Trinajstić information content (AvgIpc) is 3.33. The van der Waals surface area contributed by atoms with Gasteiger partial charge in [0.05, 0.1) is 11.8 Å². The van der Waals surface area contributed by atoms with E-state index in [0.717, 1.165) is 37.8 Å². The van der Waals surface area contributed by atoms with Crippen molar-refractivity contribution in [3.63, 3.8) is 0 Å². The first kappa shape index (κ1) is 35.0. The van der Waals surface area contributed by atoms with Gasteiger partial charge in [-0.05, 0) is 162 Å². The number of carbonyl (C=O) groups is 2. The predicted molar refractivity (Wildman–Crippen MR) is 183 cm³/mol. The van der Waals surface area contributed by atoms with Gasteiger partial charge in [0.2, 0.25) is 0 Å². The van der Waals surface area contributed by atoms with Gasteiger partial charge < -0.3 is 15.2 Å². The standard InChI is InChI=1S/C40H67NO4/c1-11-23-41-24-22-40-19-14-27(26(2)3)33(40)28-12-13-30-37(8)17-16-31(45-32(42)25-35(4,5)34(43)44)36(6,7)29(37)15-18-39(30,10)38(28,9)20-21-40/h27-31,33,41H,2,11-25H2,1,3-10H3,(H,43,44)/t27-,28+,29-,30+,31-,33+,37-,38+,39+,40+/m0/s1. The Hall–Kier alpha value is -1.36. The molecule has 0 radical (unpaired) electrons. The number of rotatable bonds is 10. The molecule has 0 aromatic carbocycles. The van der Waals surface area contributed by atoms with Crippen molar-refractivity contribution in [1.29, 1.82) is 0 Å². The van der Waals surface area contributed by atoms with Crippen LogP contribution in [0.1, 0.15) is 146 Å². The molecule has 5 aliphatic rings. The number of esters is 1. The fourth-order valence-electron chi connectivity index (χ4n) is 13.2. The van der Waals surface area contributed by atoms with Gasteiger partial charge >= 0.3 is 11.9 Å². The molecule has 5 saturated carbocycles. The Morgan fingerprint density at radius 2 is 1.60 bits per heavy atom. The lowest BCUT2D eigenvalue weighted by atomic mass is 9.32. The number of carboxylic acids is 1. The molecule has 0 bridgehead atoms. The summed E-state index contributed by atoms with van der Waals surface area (Å²) in [7, 11) is 0. The Balaban J connectivity index is 1.39. The van der Waals surface area contributed by atoms with Gasteiger partial charge in [-0.15, -0.1) is 0 Å². The maximum absolute atomic E-state index is 13.0. The molecule has 5 fully saturated rings. The molecule has 5 nitrogen and oxygen atoms in total. The third kappa shape index (κ3) is 5.45. The zero-order chi connectivity index (χ0) is 33.2. The zero-order valence-electron chi connectivity index (χ0n) is 30.4. The summed E-state index contributed by atoms with van der Waals surface area (Å²) in [4.78, 5) is 24.7. The molecule has 5 rings (SSSR count). The first-order valence-corrected chi connectivity index (χ1v) is 18.7. The highest BCUT2D eigenvalue weighted by molar-refractivity contribution is 5.81. The van der Waals surface area contributed by atoms with Crippen molar-refractivity contribution in [3.8, 4) is 0 Å². The van der Waals surface area contributed by atoms with E-state index in [4.69, 9.17) is 4.74 Å². The number of carbonyl (C=O) groups excluding carboxylic acids is 1. The van der Waals surface area contributed by atoms with Gasteiger partial charge in [-0.2, -0.15) is 0 Å². The molecular formula is C40H67NO4. The number of hydrogen-bond acceptors (Lipinski definition) is 4. The maximum Gasteiger partial charge on any atom is 0.309 e. The second-order valence-corrected chi connectivity index (χ2v) is 18.8. The van der Waals surface area contributed by atoms with Crippen molar-refractivity contribution < 1.29 is 19.4 Å². The van der Waals surface area contributed by atoms with Gasteiger partial charge in [-0.25, -0.2) is 0 Å². The predicted octanol–water partition coefficient (Wildman–Crippen LogP) is 9.45. The van der Waals surface area contributed by atoms with Crippen LogP contribution in [0, 0.1) is 62.1 Å². The van der Waals surface area contributed by atoms with E-state index in [0.29, 0.717) is 34.0 Å². The van der Waals surface area contributed by atoms with Crippen LogP contribution in [0.4, 0.5) is 0 Å². The number of fused-ring (bicyclic) bond motifs is 7. The number of ether oxygens (including phenoxy) is 1. The third-order valence-corrected chi connectivity index (χ3v) is 15.8. The monoisotopic (exact) mass is 626 g/mol. The molecule has 0 heterocycles. The SMILES string of the molecule is C=C(C)[C@@H]1CC[C@]2(CCNCCC)CC[C@]3(C)[C@H](CC[C@@H]4[C@@]5(C)CC[C@H](OC(=O)CC(C)(C)C(=O)O)C(C)(C)[C@@H]5CC[C@]43C)[C@@H]12. The summed E-state index contributed by atoms with van der Waals surface area (Å²) >= 11 is 0. The van der Waals surface area contributed by atoms with Gasteiger partial charge in [0, 0.05) is 5.41 Å². The van der Waals surface area contributed by atoms with E-state index < -0.39 is 11.4 Å². The van der Waals surface area contributed by atoms with Crippen molar-refractivity contribution in [2.45, 2.75) is 152 Å². The molecule has 5 aliphatic carbocycles. The zero-order valence-corrected chi connectivity index (χ0v) is 30.4. The minimum atomic E-state index is -1.11. The highest BCUT2D eigenvalue weighted by Crippen LogP contribution is 2.78. The van der Waals surface area contributed by atoms with E-state index >= 15 is 0 Å². The van der Waals surface area contributed by atoms with Crippen LogP contribution in [0.2, 0.25) is 0 Å². The van der Waals surface area contributed by atoms with Crippen LogP contribution in [0.5, 0.6) is 0 Å². The smallest absolute Gasteiger partial charge is 0.309 e. The molecule has 0 aliphatic heterocycles. The van der Waals surface area contributed by atoms with E-state index in [9.17, 15) is 14.7 Å². The maximum atomic E-state index is 13.0. The molecule has 0 aromatic heterocycles. The van der Waals surface area contributed by atoms with Crippen LogP contribution in [0.25, 0.3) is 0 Å². The molecular weight excluding hydrogens is 558 g/mol. The Bertz CT molecular complexity index is 1160. The molecule has 0 saturated heterocycles. The Morgan fingerprint density at radius 3 is 2.24 bits per heavy atom. The molecule has 0 spiro atoms. The first-order chi connectivity index (χ1) is 20.9.